The normalized spacial score (nSPS) is 16.5. The van der Waals surface area contributed by atoms with Crippen LogP contribution in [0.2, 0.25) is 0 Å². The number of aromatic nitrogens is 5. The van der Waals surface area contributed by atoms with Crippen LogP contribution in [0, 0.1) is 0 Å². The van der Waals surface area contributed by atoms with Gasteiger partial charge in [-0.15, -0.1) is 0 Å². The van der Waals surface area contributed by atoms with Gasteiger partial charge in [0.1, 0.15) is 17.5 Å². The lowest BCUT2D eigenvalue weighted by atomic mass is 10.2. The molecular formula is C24H27N9O2. The van der Waals surface area contributed by atoms with Crippen LogP contribution in [0.5, 0.6) is 0 Å². The predicted octanol–water partition coefficient (Wildman–Crippen LogP) is 2.91. The molecule has 0 atom stereocenters. The van der Waals surface area contributed by atoms with Gasteiger partial charge in [-0.3, -0.25) is 5.10 Å². The van der Waals surface area contributed by atoms with Crippen molar-refractivity contribution in [2.24, 2.45) is 0 Å². The topological polar surface area (TPSA) is 116 Å². The Kier molecular flexibility index (Phi) is 5.99. The lowest BCUT2D eigenvalue weighted by molar-refractivity contribution is 0.121. The molecule has 4 aromatic rings. The first-order valence-electron chi connectivity index (χ1n) is 11.8. The van der Waals surface area contributed by atoms with Crippen molar-refractivity contribution in [1.82, 2.24) is 25.1 Å². The second-order valence-corrected chi connectivity index (χ2v) is 8.42. The highest BCUT2D eigenvalue weighted by atomic mass is 16.5. The quantitative estimate of drug-likeness (QED) is 0.386. The third kappa shape index (κ3) is 4.81. The van der Waals surface area contributed by atoms with E-state index in [0.29, 0.717) is 38.2 Å². The third-order valence-electron chi connectivity index (χ3n) is 6.13. The second kappa shape index (κ2) is 9.72. The minimum Gasteiger partial charge on any atom is -0.378 e. The van der Waals surface area contributed by atoms with Crippen molar-refractivity contribution >= 4 is 45.7 Å². The highest BCUT2D eigenvalue weighted by molar-refractivity contribution is 5.92. The SMILES string of the molecule is c1cc(Nc2ccnc(Nc3cc(N4CCOCC4)nc(N4CCOCC4)c3)n2)c2cn[nH]c2c1. The summed E-state index contributed by atoms with van der Waals surface area (Å²) in [6, 6.07) is 11.9. The van der Waals surface area contributed by atoms with Crippen LogP contribution in [0.4, 0.5) is 34.8 Å². The molecule has 2 fully saturated rings. The fraction of sp³-hybridized carbons (Fsp3) is 0.333. The Labute approximate surface area is 202 Å². The minimum absolute atomic E-state index is 0.501. The van der Waals surface area contributed by atoms with Crippen molar-refractivity contribution in [2.75, 3.05) is 73.0 Å². The number of hydrogen-bond donors (Lipinski definition) is 3. The Morgan fingerprint density at radius 3 is 2.26 bits per heavy atom. The van der Waals surface area contributed by atoms with Gasteiger partial charge in [0.05, 0.1) is 43.8 Å². The highest BCUT2D eigenvalue weighted by Crippen LogP contribution is 2.28. The molecule has 0 amide bonds. The van der Waals surface area contributed by atoms with Crippen molar-refractivity contribution in [3.63, 3.8) is 0 Å². The monoisotopic (exact) mass is 473 g/mol. The number of ether oxygens (including phenoxy) is 2. The van der Waals surface area contributed by atoms with E-state index < -0.39 is 0 Å². The number of morpholine rings is 2. The van der Waals surface area contributed by atoms with Crippen molar-refractivity contribution in [2.45, 2.75) is 0 Å². The van der Waals surface area contributed by atoms with Gasteiger partial charge in [-0.1, -0.05) is 6.07 Å². The number of nitrogens with zero attached hydrogens (tertiary/aromatic N) is 6. The third-order valence-corrected chi connectivity index (χ3v) is 6.13. The van der Waals surface area contributed by atoms with E-state index >= 15 is 0 Å². The first kappa shape index (κ1) is 21.6. The molecular weight excluding hydrogens is 446 g/mol. The average molecular weight is 474 g/mol. The van der Waals surface area contributed by atoms with Crippen LogP contribution in [0.1, 0.15) is 0 Å². The van der Waals surface area contributed by atoms with Crippen LogP contribution in [0.3, 0.4) is 0 Å². The Morgan fingerprint density at radius 1 is 0.829 bits per heavy atom. The number of anilines is 6. The number of rotatable bonds is 6. The molecule has 0 radical (unpaired) electrons. The summed E-state index contributed by atoms with van der Waals surface area (Å²) in [6.07, 6.45) is 3.54. The Morgan fingerprint density at radius 2 is 1.54 bits per heavy atom. The van der Waals surface area contributed by atoms with Gasteiger partial charge in [0.2, 0.25) is 5.95 Å². The van der Waals surface area contributed by atoms with Crippen molar-refractivity contribution in [1.29, 1.82) is 0 Å². The first-order valence-corrected chi connectivity index (χ1v) is 11.8. The molecule has 11 heteroatoms. The molecule has 0 aliphatic carbocycles. The molecule has 3 aromatic heterocycles. The molecule has 35 heavy (non-hydrogen) atoms. The molecule has 2 aliphatic rings. The summed E-state index contributed by atoms with van der Waals surface area (Å²) >= 11 is 0. The Bertz CT molecular complexity index is 1260. The fourth-order valence-electron chi connectivity index (χ4n) is 4.32. The Hall–Kier alpha value is -3.96. The molecule has 3 N–H and O–H groups in total. The van der Waals surface area contributed by atoms with E-state index in [0.717, 1.165) is 60.1 Å². The van der Waals surface area contributed by atoms with E-state index in [-0.39, 0.29) is 0 Å². The highest BCUT2D eigenvalue weighted by Gasteiger charge is 2.19. The minimum atomic E-state index is 0.501. The molecule has 0 spiro atoms. The van der Waals surface area contributed by atoms with Gasteiger partial charge in [0.15, 0.2) is 0 Å². The number of pyridine rings is 1. The summed E-state index contributed by atoms with van der Waals surface area (Å²) in [4.78, 5) is 18.6. The van der Waals surface area contributed by atoms with Gasteiger partial charge in [-0.05, 0) is 18.2 Å². The zero-order chi connectivity index (χ0) is 23.5. The van der Waals surface area contributed by atoms with Gasteiger partial charge in [-0.2, -0.15) is 10.1 Å². The van der Waals surface area contributed by atoms with Crippen molar-refractivity contribution < 1.29 is 9.47 Å². The summed E-state index contributed by atoms with van der Waals surface area (Å²) in [7, 11) is 0. The van der Waals surface area contributed by atoms with Gasteiger partial charge < -0.3 is 29.9 Å². The number of nitrogens with one attached hydrogen (secondary N) is 3. The van der Waals surface area contributed by atoms with Gasteiger partial charge in [0.25, 0.3) is 0 Å². The first-order chi connectivity index (χ1) is 17.3. The summed E-state index contributed by atoms with van der Waals surface area (Å²) in [5, 5.41) is 14.9. The number of hydrogen-bond acceptors (Lipinski definition) is 10. The maximum atomic E-state index is 5.53. The molecule has 0 saturated carbocycles. The Balaban J connectivity index is 1.27. The lowest BCUT2D eigenvalue weighted by Crippen LogP contribution is -2.39. The molecule has 0 unspecified atom stereocenters. The maximum Gasteiger partial charge on any atom is 0.229 e. The molecule has 2 aliphatic heterocycles. The average Bonchev–Trinajstić information content (AvgIpc) is 3.40. The summed E-state index contributed by atoms with van der Waals surface area (Å²) in [5.41, 5.74) is 2.77. The van der Waals surface area contributed by atoms with Gasteiger partial charge in [0, 0.05) is 55.6 Å². The second-order valence-electron chi connectivity index (χ2n) is 8.42. The zero-order valence-electron chi connectivity index (χ0n) is 19.3. The van der Waals surface area contributed by atoms with Crippen LogP contribution < -0.4 is 20.4 Å². The standard InChI is InChI=1S/C24H27N9O2/c1-2-19(18-16-26-31-20(18)3-1)28-21-4-5-25-24(29-21)27-17-14-22(32-6-10-34-11-7-32)30-23(15-17)33-8-12-35-13-9-33/h1-5,14-16H,6-13H2,(H,26,31)(H2,25,27,28,29,30). The van der Waals surface area contributed by atoms with Crippen LogP contribution in [-0.4, -0.2) is 77.8 Å². The van der Waals surface area contributed by atoms with Crippen molar-refractivity contribution in [3.05, 3.63) is 48.8 Å². The van der Waals surface area contributed by atoms with E-state index in [1.807, 2.05) is 36.4 Å². The molecule has 2 saturated heterocycles. The predicted molar refractivity (Wildman–Crippen MR) is 135 cm³/mol. The summed E-state index contributed by atoms with van der Waals surface area (Å²) in [5.74, 6) is 3.02. The fourth-order valence-corrected chi connectivity index (χ4v) is 4.32. The number of fused-ring (bicyclic) bond motifs is 1. The molecule has 6 rings (SSSR count). The molecule has 180 valence electrons. The lowest BCUT2D eigenvalue weighted by Gasteiger charge is -2.31. The molecule has 11 nitrogen and oxygen atoms in total. The number of aromatic amines is 1. The van der Waals surface area contributed by atoms with E-state index in [1.54, 1.807) is 12.4 Å². The van der Waals surface area contributed by atoms with Crippen LogP contribution in [0.15, 0.2) is 48.8 Å². The molecule has 5 heterocycles. The molecule has 1 aromatic carbocycles. The number of benzene rings is 1. The van der Waals surface area contributed by atoms with E-state index in [2.05, 4.69) is 40.6 Å². The van der Waals surface area contributed by atoms with Crippen LogP contribution >= 0.6 is 0 Å². The summed E-state index contributed by atoms with van der Waals surface area (Å²) in [6.45, 7) is 6.06. The molecule has 0 bridgehead atoms. The van der Waals surface area contributed by atoms with E-state index in [4.69, 9.17) is 14.5 Å². The van der Waals surface area contributed by atoms with Crippen LogP contribution in [-0.2, 0) is 9.47 Å². The summed E-state index contributed by atoms with van der Waals surface area (Å²) < 4.78 is 11.1. The maximum absolute atomic E-state index is 5.53. The van der Waals surface area contributed by atoms with E-state index in [9.17, 15) is 0 Å². The number of H-pyrrole nitrogens is 1. The largest absolute Gasteiger partial charge is 0.378 e. The van der Waals surface area contributed by atoms with Crippen molar-refractivity contribution in [3.8, 4) is 0 Å². The smallest absolute Gasteiger partial charge is 0.229 e. The van der Waals surface area contributed by atoms with Gasteiger partial charge in [-0.25, -0.2) is 9.97 Å². The van der Waals surface area contributed by atoms with E-state index in [1.165, 1.54) is 0 Å². The zero-order valence-corrected chi connectivity index (χ0v) is 19.3. The van der Waals surface area contributed by atoms with Crippen LogP contribution in [0.25, 0.3) is 10.9 Å². The van der Waals surface area contributed by atoms with Gasteiger partial charge >= 0.3 is 0 Å².